The topological polar surface area (TPSA) is 13.1 Å². The van der Waals surface area contributed by atoms with Crippen LogP contribution in [0.3, 0.4) is 0 Å². The summed E-state index contributed by atoms with van der Waals surface area (Å²) in [5, 5.41) is 16.5. The summed E-state index contributed by atoms with van der Waals surface area (Å²) in [5.41, 5.74) is 51.3. The first-order chi connectivity index (χ1) is 37.8. The first-order valence-electron chi connectivity index (χ1n) is 30.2. The van der Waals surface area contributed by atoms with Crippen molar-refractivity contribution < 1.29 is 4.42 Å². The smallest absolute Gasteiger partial charge is 0.145 e. The predicted octanol–water partition coefficient (Wildman–Crippen LogP) is -37.9. The molecular weight excluding hydrogens is 941 g/mol. The van der Waals surface area contributed by atoms with E-state index in [1.165, 1.54) is 262 Å². The Balaban J connectivity index is 1.45. The third-order valence-corrected chi connectivity index (χ3v) is 23.5. The highest BCUT2D eigenvalue weighted by Gasteiger charge is 2.33. The second-order valence-corrected chi connectivity index (χ2v) is 26.3. The van der Waals surface area contributed by atoms with Crippen LogP contribution in [0.4, 0.5) is 0 Å². The van der Waals surface area contributed by atoms with Crippen LogP contribution in [-0.2, 0) is 0 Å². The maximum absolute atomic E-state index is 7.51. The van der Waals surface area contributed by atoms with Crippen LogP contribution in [0, 0.1) is 0 Å². The van der Waals surface area contributed by atoms with Crippen molar-refractivity contribution in [3.8, 4) is 33.4 Å². The highest BCUT2D eigenvalue weighted by atomic mass is 16.3. The molecule has 0 saturated carbocycles. The lowest BCUT2D eigenvalue weighted by molar-refractivity contribution is 0.675. The second-order valence-electron chi connectivity index (χ2n) is 26.3. The molecule has 0 saturated heterocycles. The van der Waals surface area contributed by atoms with Crippen LogP contribution in [0.1, 0.15) is 0 Å². The van der Waals surface area contributed by atoms with E-state index < -0.39 is 0 Å². The molecule has 0 amide bonds. The highest BCUT2D eigenvalue weighted by molar-refractivity contribution is 6.79. The molecule has 11 aromatic rings. The van der Waals surface area contributed by atoms with Crippen LogP contribution in [-0.4, -0.2) is 235 Å². The molecule has 0 spiro atoms. The third-order valence-electron chi connectivity index (χ3n) is 23.5. The molecule has 81 heavy (non-hydrogen) atoms. The van der Waals surface area contributed by atoms with E-state index >= 15 is 0 Å². The SMILES string of the molecule is Bc1c(B)c(-c2c3c(B)c(B)c(B)c(B)c3c(-c3c(B)c(B)c(B)c4oc5c(B)c6c(B)c(B)c(B)c(B)c6c(B)c5c34)c3c(B)c(B)c(B)c(B)c23)c(B)c(-c2c(B)c3c(B)c(B)c(B)c(B)c3c3c(B)c(B)c(B)c(B)c23)c1B. The van der Waals surface area contributed by atoms with Crippen molar-refractivity contribution in [3.63, 3.8) is 0 Å². The summed E-state index contributed by atoms with van der Waals surface area (Å²) in [6.45, 7) is 0. The maximum Gasteiger partial charge on any atom is 0.145 e. The van der Waals surface area contributed by atoms with Crippen molar-refractivity contribution in [2.75, 3.05) is 0 Å². The van der Waals surface area contributed by atoms with Crippen molar-refractivity contribution in [1.29, 1.82) is 0 Å². The Bertz CT molecular complexity index is 4850. The molecule has 31 heteroatoms. The van der Waals surface area contributed by atoms with Crippen LogP contribution >= 0.6 is 0 Å². The Labute approximate surface area is 509 Å². The number of hydrogen-bond acceptors (Lipinski definition) is 1. The average molecular weight is 1000 g/mol. The van der Waals surface area contributed by atoms with E-state index in [0.717, 1.165) is 11.2 Å². The molecule has 0 N–H and O–H groups in total. The first kappa shape index (κ1) is 58.0. The largest absolute Gasteiger partial charge is 0.457 e. The van der Waals surface area contributed by atoms with E-state index in [0.29, 0.717) is 0 Å². The third kappa shape index (κ3) is 7.30. The van der Waals surface area contributed by atoms with Gasteiger partial charge in [0.05, 0.1) is 0 Å². The van der Waals surface area contributed by atoms with E-state index in [2.05, 4.69) is 235 Å². The van der Waals surface area contributed by atoms with Crippen molar-refractivity contribution in [3.05, 3.63) is 0 Å². The zero-order valence-corrected chi connectivity index (χ0v) is 55.4. The molecule has 0 atom stereocenters. The molecule has 1 aromatic heterocycles. The van der Waals surface area contributed by atoms with E-state index in [1.807, 2.05) is 0 Å². The first-order valence-corrected chi connectivity index (χ1v) is 30.2. The molecule has 0 unspecified atom stereocenters. The predicted molar refractivity (Wildman–Crippen MR) is 463 cm³/mol. The van der Waals surface area contributed by atoms with Gasteiger partial charge in [-0.05, 0) is 92.7 Å². The minimum Gasteiger partial charge on any atom is -0.457 e. The van der Waals surface area contributed by atoms with E-state index in [4.69, 9.17) is 4.42 Å². The lowest BCUT2D eigenvalue weighted by Gasteiger charge is -2.33. The molecule has 10 aromatic carbocycles. The maximum atomic E-state index is 7.51. The number of hydrogen-bond donors (Lipinski definition) is 0. The fraction of sp³-hybridized carbons (Fsp3) is 0. The number of rotatable bonds is 3. The van der Waals surface area contributed by atoms with Crippen LogP contribution in [0.15, 0.2) is 4.42 Å². The van der Waals surface area contributed by atoms with Gasteiger partial charge in [-0.1, -0.05) is 98.3 Å². The standard InChI is InChI=1S/C50H60B30O/c51-19-10(8-9(28(60)42(74)41(73)27(8)59)11-15(19)32(64)44(76)43(75)29(11)61)14-20(52)13(30(62)36(68)31(14)63)2-5-3(22(54)37(69)39(71)24(5)56)1(4-6(2)25(57)40(72)38(70)23(4)55)7-12-18-21(53)16-17(34(66)46(78)45(77)33(16)65)35(67)50(18)81-49(12)48(80)47(79)26(7)58/h51-80H2. The van der Waals surface area contributed by atoms with E-state index in [9.17, 15) is 0 Å². The lowest BCUT2D eigenvalue weighted by atomic mass is 9.55. The average Bonchev–Trinajstić information content (AvgIpc) is 3.34. The Morgan fingerprint density at radius 2 is 0.333 bits per heavy atom. The number of furan rings is 1. The summed E-state index contributed by atoms with van der Waals surface area (Å²) in [5.74, 6) is 0. The monoisotopic (exact) mass is 1010 g/mol. The van der Waals surface area contributed by atoms with Gasteiger partial charge in [-0.15, -0.1) is 60.1 Å². The minimum atomic E-state index is 1.02. The van der Waals surface area contributed by atoms with Gasteiger partial charge in [-0.25, -0.2) is 0 Å². The van der Waals surface area contributed by atoms with Crippen molar-refractivity contribution >= 4 is 475 Å². The van der Waals surface area contributed by atoms with E-state index in [1.54, 1.807) is 0 Å². The summed E-state index contributed by atoms with van der Waals surface area (Å²) in [4.78, 5) is 0. The Morgan fingerprint density at radius 3 is 0.716 bits per heavy atom. The van der Waals surface area contributed by atoms with Crippen molar-refractivity contribution in [2.24, 2.45) is 0 Å². The summed E-state index contributed by atoms with van der Waals surface area (Å²) < 4.78 is 7.51. The molecule has 0 bridgehead atoms. The molecule has 0 aliphatic rings. The number of benzene rings is 10. The summed E-state index contributed by atoms with van der Waals surface area (Å²) in [7, 11) is 71.6. The molecule has 1 heterocycles. The van der Waals surface area contributed by atoms with Gasteiger partial charge in [0.1, 0.15) is 247 Å². The van der Waals surface area contributed by atoms with Gasteiger partial charge in [0.15, 0.2) is 0 Å². The zero-order valence-electron chi connectivity index (χ0n) is 55.4. The molecule has 1 nitrogen and oxygen atoms in total. The van der Waals surface area contributed by atoms with Crippen LogP contribution in [0.5, 0.6) is 0 Å². The highest BCUT2D eigenvalue weighted by Crippen LogP contribution is 2.43. The van der Waals surface area contributed by atoms with Gasteiger partial charge in [-0.2, -0.15) is 0 Å². The molecule has 356 valence electrons. The molecule has 0 radical (unpaired) electrons. The molecular formula is C50H60B30O. The van der Waals surface area contributed by atoms with Crippen molar-refractivity contribution in [1.82, 2.24) is 0 Å². The van der Waals surface area contributed by atoms with Gasteiger partial charge in [0.25, 0.3) is 0 Å². The second kappa shape index (κ2) is 19.4. The quantitative estimate of drug-likeness (QED) is 0.0977. The van der Waals surface area contributed by atoms with Crippen molar-refractivity contribution in [2.45, 2.75) is 0 Å². The zero-order chi connectivity index (χ0) is 59.6. The Hall–Kier alpha value is -4.75. The normalized spacial score (nSPS) is 12.0. The van der Waals surface area contributed by atoms with Gasteiger partial charge in [0, 0.05) is 10.8 Å². The lowest BCUT2D eigenvalue weighted by Crippen LogP contribution is -2.52. The van der Waals surface area contributed by atoms with Crippen LogP contribution < -0.4 is 164 Å². The van der Waals surface area contributed by atoms with Crippen LogP contribution in [0.25, 0.3) is 109 Å². The molecule has 0 fully saturated rings. The fourth-order valence-corrected chi connectivity index (χ4v) is 16.6. The summed E-state index contributed by atoms with van der Waals surface area (Å²) in [6, 6.07) is 0. The molecule has 0 aliphatic heterocycles. The fourth-order valence-electron chi connectivity index (χ4n) is 16.6. The van der Waals surface area contributed by atoms with Gasteiger partial charge >= 0.3 is 0 Å². The minimum absolute atomic E-state index is 1.02. The van der Waals surface area contributed by atoms with Gasteiger partial charge < -0.3 is 4.42 Å². The van der Waals surface area contributed by atoms with Crippen LogP contribution in [0.2, 0.25) is 0 Å². The summed E-state index contributed by atoms with van der Waals surface area (Å²) in [6.07, 6.45) is 0. The van der Waals surface area contributed by atoms with Gasteiger partial charge in [0.2, 0.25) is 0 Å². The van der Waals surface area contributed by atoms with E-state index in [-0.39, 0.29) is 0 Å². The summed E-state index contributed by atoms with van der Waals surface area (Å²) >= 11 is 0. The van der Waals surface area contributed by atoms with Gasteiger partial charge in [-0.3, -0.25) is 0 Å². The Morgan fingerprint density at radius 1 is 0.111 bits per heavy atom. The number of fused-ring (bicyclic) bond motifs is 9. The molecule has 11 rings (SSSR count). The molecule has 0 aliphatic carbocycles. The Kier molecular flexibility index (Phi) is 13.9.